The fraction of sp³-hybridized carbons (Fsp3) is 0.103. The number of benzene rings is 3. The van der Waals surface area contributed by atoms with Crippen molar-refractivity contribution in [2.45, 2.75) is 6.92 Å². The molecular formula is C29H23ClN2O5. The van der Waals surface area contributed by atoms with Gasteiger partial charge in [-0.25, -0.2) is 4.79 Å². The summed E-state index contributed by atoms with van der Waals surface area (Å²) in [5, 5.41) is 10.4. The topological polar surface area (TPSA) is 96.8 Å². The van der Waals surface area contributed by atoms with Crippen LogP contribution in [0.5, 0.6) is 5.75 Å². The van der Waals surface area contributed by atoms with E-state index in [9.17, 15) is 19.5 Å². The SMILES string of the molecule is CCOc1ccc(C(=O)c2ccc(C(=O)c3ccc(N(C)c4ccc(Cl)cc4)cn3)cc2C(=O)O)cc1. The molecule has 1 aromatic heterocycles. The predicted octanol–water partition coefficient (Wildman–Crippen LogP) is 6.06. The molecule has 0 amide bonds. The lowest BCUT2D eigenvalue weighted by Gasteiger charge is -2.19. The number of carboxylic acid groups (broad SMARTS) is 1. The number of anilines is 2. The lowest BCUT2D eigenvalue weighted by molar-refractivity contribution is 0.0692. The molecule has 37 heavy (non-hydrogen) atoms. The number of hydrogen-bond donors (Lipinski definition) is 1. The third-order valence-electron chi connectivity index (χ3n) is 5.77. The second kappa shape index (κ2) is 11.1. The van der Waals surface area contributed by atoms with Gasteiger partial charge in [-0.3, -0.25) is 14.6 Å². The van der Waals surface area contributed by atoms with Crippen molar-refractivity contribution in [2.75, 3.05) is 18.6 Å². The van der Waals surface area contributed by atoms with E-state index >= 15 is 0 Å². The van der Waals surface area contributed by atoms with Gasteiger partial charge in [0, 0.05) is 34.4 Å². The molecule has 0 aliphatic rings. The fourth-order valence-corrected chi connectivity index (χ4v) is 3.89. The van der Waals surface area contributed by atoms with Gasteiger partial charge < -0.3 is 14.7 Å². The number of rotatable bonds is 9. The predicted molar refractivity (Wildman–Crippen MR) is 142 cm³/mol. The Balaban J connectivity index is 1.57. The van der Waals surface area contributed by atoms with E-state index < -0.39 is 17.5 Å². The lowest BCUT2D eigenvalue weighted by atomic mass is 9.94. The van der Waals surface area contributed by atoms with Crippen LogP contribution in [0.1, 0.15) is 49.3 Å². The Bertz CT molecular complexity index is 1450. The molecule has 3 aromatic carbocycles. The Morgan fingerprint density at radius 2 is 1.49 bits per heavy atom. The average molecular weight is 515 g/mol. The standard InChI is InChI=1S/C29H23ClN2O5/c1-3-37-23-12-4-18(5-13-23)27(33)24-14-6-19(16-25(24)29(35)36)28(34)26-15-11-22(17-31-26)32(2)21-9-7-20(30)8-10-21/h4-17H,3H2,1-2H3,(H,35,36). The molecule has 186 valence electrons. The van der Waals surface area contributed by atoms with Crippen molar-refractivity contribution < 1.29 is 24.2 Å². The summed E-state index contributed by atoms with van der Waals surface area (Å²) >= 11 is 5.95. The van der Waals surface area contributed by atoms with E-state index in [4.69, 9.17) is 16.3 Å². The molecule has 4 aromatic rings. The number of ketones is 2. The Labute approximate surface area is 218 Å². The minimum atomic E-state index is -1.31. The number of aromatic carboxylic acids is 1. The van der Waals surface area contributed by atoms with Gasteiger partial charge in [0.2, 0.25) is 5.78 Å². The van der Waals surface area contributed by atoms with Gasteiger partial charge in [-0.1, -0.05) is 17.7 Å². The minimum absolute atomic E-state index is 0.0129. The number of pyridine rings is 1. The van der Waals surface area contributed by atoms with E-state index in [1.807, 2.05) is 31.0 Å². The zero-order valence-electron chi connectivity index (χ0n) is 20.1. The van der Waals surface area contributed by atoms with Crippen molar-refractivity contribution in [3.8, 4) is 5.75 Å². The average Bonchev–Trinajstić information content (AvgIpc) is 2.92. The maximum absolute atomic E-state index is 13.1. The van der Waals surface area contributed by atoms with E-state index in [1.165, 1.54) is 18.2 Å². The quantitative estimate of drug-likeness (QED) is 0.271. The number of ether oxygens (including phenoxy) is 1. The second-order valence-electron chi connectivity index (χ2n) is 8.12. The Hall–Kier alpha value is -4.49. The maximum atomic E-state index is 13.1. The molecule has 0 fully saturated rings. The summed E-state index contributed by atoms with van der Waals surface area (Å²) in [6.45, 7) is 2.34. The number of carbonyl (C=O) groups excluding carboxylic acids is 2. The molecule has 1 heterocycles. The summed E-state index contributed by atoms with van der Waals surface area (Å²) in [6, 6.07) is 21.1. The molecule has 0 saturated heterocycles. The van der Waals surface area contributed by atoms with Crippen molar-refractivity contribution in [3.63, 3.8) is 0 Å². The van der Waals surface area contributed by atoms with Crippen LogP contribution in [0.15, 0.2) is 85.1 Å². The van der Waals surface area contributed by atoms with Gasteiger partial charge in [0.1, 0.15) is 11.4 Å². The first kappa shape index (κ1) is 25.6. The van der Waals surface area contributed by atoms with E-state index in [2.05, 4.69) is 4.98 Å². The first-order valence-corrected chi connectivity index (χ1v) is 11.8. The Kier molecular flexibility index (Phi) is 7.65. The fourth-order valence-electron chi connectivity index (χ4n) is 3.77. The molecule has 0 atom stereocenters. The highest BCUT2D eigenvalue weighted by Crippen LogP contribution is 2.25. The molecular weight excluding hydrogens is 492 g/mol. The van der Waals surface area contributed by atoms with Crippen LogP contribution in [0, 0.1) is 0 Å². The normalized spacial score (nSPS) is 10.6. The summed E-state index contributed by atoms with van der Waals surface area (Å²) in [7, 11) is 1.86. The number of aromatic nitrogens is 1. The van der Waals surface area contributed by atoms with E-state index in [-0.39, 0.29) is 22.4 Å². The van der Waals surface area contributed by atoms with Gasteiger partial charge in [-0.2, -0.15) is 0 Å². The van der Waals surface area contributed by atoms with Crippen molar-refractivity contribution in [2.24, 2.45) is 0 Å². The Morgan fingerprint density at radius 3 is 2.08 bits per heavy atom. The van der Waals surface area contributed by atoms with Crippen molar-refractivity contribution >= 4 is 40.5 Å². The smallest absolute Gasteiger partial charge is 0.336 e. The molecule has 0 aliphatic carbocycles. The molecule has 0 saturated carbocycles. The molecule has 0 spiro atoms. The van der Waals surface area contributed by atoms with Crippen LogP contribution in [0.2, 0.25) is 5.02 Å². The zero-order chi connectivity index (χ0) is 26.5. The van der Waals surface area contributed by atoms with Crippen LogP contribution >= 0.6 is 11.6 Å². The Morgan fingerprint density at radius 1 is 0.838 bits per heavy atom. The van der Waals surface area contributed by atoms with Gasteiger partial charge in [-0.15, -0.1) is 0 Å². The summed E-state index contributed by atoms with van der Waals surface area (Å²) < 4.78 is 5.38. The number of halogens is 1. The molecule has 4 rings (SSSR count). The van der Waals surface area contributed by atoms with Gasteiger partial charge in [0.15, 0.2) is 5.78 Å². The largest absolute Gasteiger partial charge is 0.494 e. The van der Waals surface area contributed by atoms with Crippen LogP contribution in [-0.2, 0) is 0 Å². The van der Waals surface area contributed by atoms with Gasteiger partial charge in [-0.05, 0) is 79.7 Å². The maximum Gasteiger partial charge on any atom is 0.336 e. The number of nitrogens with zero attached hydrogens (tertiary/aromatic N) is 2. The van der Waals surface area contributed by atoms with Crippen LogP contribution < -0.4 is 9.64 Å². The number of carboxylic acids is 1. The van der Waals surface area contributed by atoms with Crippen LogP contribution in [0.4, 0.5) is 11.4 Å². The van der Waals surface area contributed by atoms with Crippen molar-refractivity contribution in [3.05, 3.63) is 118 Å². The molecule has 0 unspecified atom stereocenters. The zero-order valence-corrected chi connectivity index (χ0v) is 20.9. The van der Waals surface area contributed by atoms with Crippen LogP contribution in [0.3, 0.4) is 0 Å². The van der Waals surface area contributed by atoms with Crippen LogP contribution in [0.25, 0.3) is 0 Å². The van der Waals surface area contributed by atoms with Gasteiger partial charge in [0.05, 0.1) is 24.1 Å². The highest BCUT2D eigenvalue weighted by Gasteiger charge is 2.21. The lowest BCUT2D eigenvalue weighted by Crippen LogP contribution is -2.13. The van der Waals surface area contributed by atoms with E-state index in [0.29, 0.717) is 22.9 Å². The summed E-state index contributed by atoms with van der Waals surface area (Å²) in [4.78, 5) is 44.2. The highest BCUT2D eigenvalue weighted by atomic mass is 35.5. The molecule has 0 bridgehead atoms. The number of carbonyl (C=O) groups is 3. The molecule has 0 radical (unpaired) electrons. The van der Waals surface area contributed by atoms with Gasteiger partial charge in [0.25, 0.3) is 0 Å². The first-order chi connectivity index (χ1) is 17.8. The molecule has 8 heteroatoms. The van der Waals surface area contributed by atoms with E-state index in [0.717, 1.165) is 11.4 Å². The molecule has 7 nitrogen and oxygen atoms in total. The third kappa shape index (κ3) is 5.68. The highest BCUT2D eigenvalue weighted by molar-refractivity contribution is 6.30. The molecule has 1 N–H and O–H groups in total. The van der Waals surface area contributed by atoms with Gasteiger partial charge >= 0.3 is 5.97 Å². The van der Waals surface area contributed by atoms with E-state index in [1.54, 1.807) is 54.7 Å². The van der Waals surface area contributed by atoms with Crippen LogP contribution in [-0.4, -0.2) is 41.3 Å². The summed E-state index contributed by atoms with van der Waals surface area (Å²) in [5.74, 6) is -1.62. The second-order valence-corrected chi connectivity index (χ2v) is 8.55. The minimum Gasteiger partial charge on any atom is -0.494 e. The van der Waals surface area contributed by atoms with Crippen molar-refractivity contribution in [1.82, 2.24) is 4.98 Å². The summed E-state index contributed by atoms with van der Waals surface area (Å²) in [5.41, 5.74) is 1.95. The first-order valence-electron chi connectivity index (χ1n) is 11.4. The third-order valence-corrected chi connectivity index (χ3v) is 6.02. The number of hydrogen-bond acceptors (Lipinski definition) is 6. The molecule has 0 aliphatic heterocycles. The van der Waals surface area contributed by atoms with Crippen molar-refractivity contribution in [1.29, 1.82) is 0 Å². The summed E-state index contributed by atoms with van der Waals surface area (Å²) in [6.07, 6.45) is 1.56. The monoisotopic (exact) mass is 514 g/mol.